The lowest BCUT2D eigenvalue weighted by Gasteiger charge is -2.21. The van der Waals surface area contributed by atoms with Crippen LogP contribution in [0.2, 0.25) is 0 Å². The maximum atomic E-state index is 10.9. The molecule has 1 aliphatic rings. The van der Waals surface area contributed by atoms with Gasteiger partial charge in [0.25, 0.3) is 0 Å². The fraction of sp³-hybridized carbons (Fsp3) is 0.0566. The third kappa shape index (κ3) is 4.85. The Labute approximate surface area is 329 Å². The Morgan fingerprint density at radius 3 is 1.60 bits per heavy atom. The van der Waals surface area contributed by atoms with Crippen molar-refractivity contribution in [2.75, 3.05) is 0 Å². The van der Waals surface area contributed by atoms with Crippen molar-refractivity contribution in [3.05, 3.63) is 186 Å². The number of nitriles is 2. The second kappa shape index (κ2) is 12.2. The standard InChI is InChI=1S/C53H33N3O/c1-53(2)46-16-10-9-15-40(46)43-28-45-44-25-34(19-22-50(44)57-51(45)29-47(43)53)37-23-38(30-54)52(39(24-37)31-55)56-48-26-35(32-11-5-3-6-12-32)17-20-41(48)42-21-18-36(27-49(42)56)33-13-7-4-8-14-33/h3-29H,1-2H3. The van der Waals surface area contributed by atoms with Crippen LogP contribution in [-0.2, 0) is 5.41 Å². The number of hydrogen-bond acceptors (Lipinski definition) is 3. The average molecular weight is 728 g/mol. The maximum absolute atomic E-state index is 10.9. The molecule has 266 valence electrons. The Kier molecular flexibility index (Phi) is 6.99. The van der Waals surface area contributed by atoms with Crippen LogP contribution in [0, 0.1) is 22.7 Å². The molecule has 57 heavy (non-hydrogen) atoms. The smallest absolute Gasteiger partial charge is 0.135 e. The molecule has 10 aromatic rings. The molecule has 0 radical (unpaired) electrons. The second-order valence-electron chi connectivity index (χ2n) is 15.6. The summed E-state index contributed by atoms with van der Waals surface area (Å²) in [6, 6.07) is 61.7. The van der Waals surface area contributed by atoms with Gasteiger partial charge in [-0.15, -0.1) is 0 Å². The van der Waals surface area contributed by atoms with Crippen LogP contribution in [0.25, 0.3) is 93.9 Å². The van der Waals surface area contributed by atoms with Gasteiger partial charge in [-0.05, 0) is 104 Å². The molecule has 0 unspecified atom stereocenters. The van der Waals surface area contributed by atoms with E-state index in [-0.39, 0.29) is 5.41 Å². The van der Waals surface area contributed by atoms with Gasteiger partial charge in [-0.3, -0.25) is 0 Å². The lowest BCUT2D eigenvalue weighted by molar-refractivity contribution is 0.647. The van der Waals surface area contributed by atoms with E-state index in [1.165, 1.54) is 22.3 Å². The first kappa shape index (κ1) is 32.7. The monoisotopic (exact) mass is 727 g/mol. The van der Waals surface area contributed by atoms with Gasteiger partial charge in [-0.25, -0.2) is 0 Å². The predicted molar refractivity (Wildman–Crippen MR) is 231 cm³/mol. The predicted octanol–water partition coefficient (Wildman–Crippen LogP) is 13.7. The summed E-state index contributed by atoms with van der Waals surface area (Å²) in [5, 5.41) is 26.0. The van der Waals surface area contributed by atoms with Crippen molar-refractivity contribution in [2.24, 2.45) is 0 Å². The zero-order chi connectivity index (χ0) is 38.4. The van der Waals surface area contributed by atoms with Gasteiger partial charge in [0.2, 0.25) is 0 Å². The molecule has 0 saturated heterocycles. The first-order valence-electron chi connectivity index (χ1n) is 19.2. The molecule has 8 aromatic carbocycles. The van der Waals surface area contributed by atoms with Crippen molar-refractivity contribution >= 4 is 43.7 Å². The molecule has 0 N–H and O–H groups in total. The summed E-state index contributed by atoms with van der Waals surface area (Å²) >= 11 is 0. The van der Waals surface area contributed by atoms with Crippen molar-refractivity contribution in [3.63, 3.8) is 0 Å². The molecule has 4 heteroatoms. The van der Waals surface area contributed by atoms with Gasteiger partial charge in [-0.1, -0.05) is 129 Å². The molecule has 2 aromatic heterocycles. The van der Waals surface area contributed by atoms with Gasteiger partial charge in [0, 0.05) is 27.0 Å². The van der Waals surface area contributed by atoms with Gasteiger partial charge in [0.15, 0.2) is 0 Å². The number of hydrogen-bond donors (Lipinski definition) is 0. The summed E-state index contributed by atoms with van der Waals surface area (Å²) in [4.78, 5) is 0. The number of rotatable bonds is 4. The Balaban J connectivity index is 1.12. The highest BCUT2D eigenvalue weighted by atomic mass is 16.3. The van der Waals surface area contributed by atoms with Crippen LogP contribution in [0.15, 0.2) is 168 Å². The van der Waals surface area contributed by atoms with E-state index in [9.17, 15) is 10.5 Å². The molecule has 0 spiro atoms. The molecule has 0 bridgehead atoms. The minimum atomic E-state index is -0.129. The molecule has 0 atom stereocenters. The van der Waals surface area contributed by atoms with E-state index in [1.54, 1.807) is 0 Å². The lowest BCUT2D eigenvalue weighted by Crippen LogP contribution is -2.14. The number of aromatic nitrogens is 1. The van der Waals surface area contributed by atoms with Crippen molar-refractivity contribution in [1.29, 1.82) is 10.5 Å². The minimum Gasteiger partial charge on any atom is -0.456 e. The van der Waals surface area contributed by atoms with Crippen LogP contribution in [0.3, 0.4) is 0 Å². The Morgan fingerprint density at radius 1 is 0.439 bits per heavy atom. The topological polar surface area (TPSA) is 65.7 Å². The number of benzene rings is 8. The molecule has 0 amide bonds. The first-order valence-corrected chi connectivity index (χ1v) is 19.2. The fourth-order valence-corrected chi connectivity index (χ4v) is 9.24. The van der Waals surface area contributed by atoms with Crippen LogP contribution < -0.4 is 0 Å². The number of nitrogens with zero attached hydrogens (tertiary/aromatic N) is 3. The molecule has 1 aliphatic carbocycles. The summed E-state index contributed by atoms with van der Waals surface area (Å²) < 4.78 is 8.60. The minimum absolute atomic E-state index is 0.129. The number of fused-ring (bicyclic) bond motifs is 9. The average Bonchev–Trinajstić information content (AvgIpc) is 3.86. The zero-order valence-electron chi connectivity index (χ0n) is 31.3. The molecule has 2 heterocycles. The third-order valence-electron chi connectivity index (χ3n) is 12.1. The summed E-state index contributed by atoms with van der Waals surface area (Å²) in [6.45, 7) is 4.55. The summed E-state index contributed by atoms with van der Waals surface area (Å²) in [7, 11) is 0. The van der Waals surface area contributed by atoms with E-state index in [1.807, 2.05) is 60.7 Å². The lowest BCUT2D eigenvalue weighted by atomic mass is 9.82. The quantitative estimate of drug-likeness (QED) is 0.181. The van der Waals surface area contributed by atoms with E-state index in [2.05, 4.69) is 134 Å². The fourth-order valence-electron chi connectivity index (χ4n) is 9.24. The highest BCUT2D eigenvalue weighted by Crippen LogP contribution is 2.51. The Bertz CT molecular complexity index is 3260. The summed E-state index contributed by atoms with van der Waals surface area (Å²) in [6.07, 6.45) is 0. The van der Waals surface area contributed by atoms with Crippen molar-refractivity contribution in [1.82, 2.24) is 4.57 Å². The normalized spacial score (nSPS) is 12.8. The van der Waals surface area contributed by atoms with E-state index >= 15 is 0 Å². The van der Waals surface area contributed by atoms with Crippen LogP contribution in [0.5, 0.6) is 0 Å². The molecule has 4 nitrogen and oxygen atoms in total. The van der Waals surface area contributed by atoms with E-state index in [4.69, 9.17) is 4.42 Å². The number of furan rings is 1. The van der Waals surface area contributed by atoms with Crippen molar-refractivity contribution < 1.29 is 4.42 Å². The van der Waals surface area contributed by atoms with Crippen LogP contribution in [-0.4, -0.2) is 4.57 Å². The van der Waals surface area contributed by atoms with Crippen LogP contribution >= 0.6 is 0 Å². The van der Waals surface area contributed by atoms with Gasteiger partial charge in [0.05, 0.1) is 27.8 Å². The zero-order valence-corrected chi connectivity index (χ0v) is 31.3. The molecule has 0 saturated carbocycles. The van der Waals surface area contributed by atoms with Crippen molar-refractivity contribution in [2.45, 2.75) is 19.3 Å². The SMILES string of the molecule is CC1(C)c2ccccc2-c2cc3c(cc21)oc1ccc(-c2cc(C#N)c(-n4c5cc(-c6ccccc6)ccc5c5ccc(-c6ccccc6)cc54)c(C#N)c2)cc13. The van der Waals surface area contributed by atoms with Crippen molar-refractivity contribution in [3.8, 4) is 62.3 Å². The summed E-state index contributed by atoms with van der Waals surface area (Å²) in [5.74, 6) is 0. The van der Waals surface area contributed by atoms with Crippen LogP contribution in [0.4, 0.5) is 0 Å². The van der Waals surface area contributed by atoms with E-state index < -0.39 is 0 Å². The maximum Gasteiger partial charge on any atom is 0.135 e. The Morgan fingerprint density at radius 2 is 0.982 bits per heavy atom. The molecular formula is C53H33N3O. The highest BCUT2D eigenvalue weighted by Gasteiger charge is 2.36. The summed E-state index contributed by atoms with van der Waals surface area (Å²) in [5.41, 5.74) is 15.9. The van der Waals surface area contributed by atoms with Gasteiger partial charge in [-0.2, -0.15) is 10.5 Å². The van der Waals surface area contributed by atoms with E-state index in [0.29, 0.717) is 16.8 Å². The van der Waals surface area contributed by atoms with Gasteiger partial charge in [0.1, 0.15) is 23.3 Å². The van der Waals surface area contributed by atoms with Gasteiger partial charge < -0.3 is 8.98 Å². The van der Waals surface area contributed by atoms with E-state index in [0.717, 1.165) is 77.1 Å². The Hall–Kier alpha value is -7.66. The first-order chi connectivity index (χ1) is 27.9. The molecule has 0 fully saturated rings. The third-order valence-corrected chi connectivity index (χ3v) is 12.1. The second-order valence-corrected chi connectivity index (χ2v) is 15.6. The molecular weight excluding hydrogens is 695 g/mol. The largest absolute Gasteiger partial charge is 0.456 e. The highest BCUT2D eigenvalue weighted by molar-refractivity contribution is 6.12. The van der Waals surface area contributed by atoms with Crippen LogP contribution in [0.1, 0.15) is 36.1 Å². The van der Waals surface area contributed by atoms with Gasteiger partial charge >= 0.3 is 0 Å². The molecule has 11 rings (SSSR count). The molecule has 0 aliphatic heterocycles.